The van der Waals surface area contributed by atoms with Crippen molar-refractivity contribution in [3.63, 3.8) is 0 Å². The summed E-state index contributed by atoms with van der Waals surface area (Å²) < 4.78 is 0. The molecule has 0 aromatic heterocycles. The largest absolute Gasteiger partial charge is 0.480 e. The maximum atomic E-state index is 10.8. The maximum absolute atomic E-state index is 10.8. The molecule has 0 aliphatic rings. The lowest BCUT2D eigenvalue weighted by Crippen LogP contribution is -2.54. The zero-order valence-electron chi connectivity index (χ0n) is 8.51. The predicted octanol–water partition coefficient (Wildman–Crippen LogP) is 1.47. The first kappa shape index (κ1) is 11.4. The first-order chi connectivity index (χ1) is 5.10. The number of rotatable bonds is 2. The van der Waals surface area contributed by atoms with Crippen LogP contribution < -0.4 is 5.73 Å². The highest BCUT2D eigenvalue weighted by Gasteiger charge is 2.40. The Morgan fingerprint density at radius 2 is 1.67 bits per heavy atom. The van der Waals surface area contributed by atoms with Crippen molar-refractivity contribution in [1.29, 1.82) is 0 Å². The number of hydrogen-bond donors (Lipinski definition) is 2. The van der Waals surface area contributed by atoms with Crippen molar-refractivity contribution in [3.05, 3.63) is 0 Å². The first-order valence-electron chi connectivity index (χ1n) is 4.12. The van der Waals surface area contributed by atoms with Gasteiger partial charge in [-0.15, -0.1) is 0 Å². The van der Waals surface area contributed by atoms with Crippen LogP contribution in [0.15, 0.2) is 0 Å². The zero-order chi connectivity index (χ0) is 10.2. The van der Waals surface area contributed by atoms with Crippen molar-refractivity contribution in [2.24, 2.45) is 17.1 Å². The fourth-order valence-corrected chi connectivity index (χ4v) is 1.08. The molecule has 0 aromatic carbocycles. The normalized spacial score (nSPS) is 19.8. The van der Waals surface area contributed by atoms with E-state index in [1.54, 1.807) is 6.92 Å². The average molecular weight is 173 g/mol. The van der Waals surface area contributed by atoms with Crippen LogP contribution >= 0.6 is 0 Å². The van der Waals surface area contributed by atoms with Crippen molar-refractivity contribution in [2.45, 2.75) is 40.2 Å². The van der Waals surface area contributed by atoms with E-state index < -0.39 is 11.5 Å². The quantitative estimate of drug-likeness (QED) is 0.664. The van der Waals surface area contributed by atoms with E-state index in [4.69, 9.17) is 10.8 Å². The Bertz CT molecular complexity index is 179. The molecule has 0 rings (SSSR count). The summed E-state index contributed by atoms with van der Waals surface area (Å²) in [6.07, 6.45) is 0. The van der Waals surface area contributed by atoms with Crippen LogP contribution in [0.25, 0.3) is 0 Å². The summed E-state index contributed by atoms with van der Waals surface area (Å²) in [5, 5.41) is 8.85. The highest BCUT2D eigenvalue weighted by Crippen LogP contribution is 2.32. The summed E-state index contributed by atoms with van der Waals surface area (Å²) in [5.41, 5.74) is 4.47. The third-order valence-electron chi connectivity index (χ3n) is 2.66. The molecule has 12 heavy (non-hydrogen) atoms. The number of carbonyl (C=O) groups is 1. The standard InChI is InChI=1S/C9H19NO2/c1-6(8(2,3)4)9(5,10)7(11)12/h6H,10H2,1-5H3,(H,11,12)/t6?,9-/m1/s1. The van der Waals surface area contributed by atoms with Gasteiger partial charge in [0.25, 0.3) is 0 Å². The van der Waals surface area contributed by atoms with Gasteiger partial charge >= 0.3 is 5.97 Å². The van der Waals surface area contributed by atoms with Gasteiger partial charge in [0.15, 0.2) is 0 Å². The highest BCUT2D eigenvalue weighted by atomic mass is 16.4. The maximum Gasteiger partial charge on any atom is 0.323 e. The smallest absolute Gasteiger partial charge is 0.323 e. The number of hydrogen-bond acceptors (Lipinski definition) is 2. The number of nitrogens with two attached hydrogens (primary N) is 1. The van der Waals surface area contributed by atoms with Crippen LogP contribution in [0.3, 0.4) is 0 Å². The minimum Gasteiger partial charge on any atom is -0.480 e. The van der Waals surface area contributed by atoms with Crippen molar-refractivity contribution in [3.8, 4) is 0 Å². The fourth-order valence-electron chi connectivity index (χ4n) is 1.08. The molecule has 0 amide bonds. The number of aliphatic carboxylic acids is 1. The Kier molecular flexibility index (Phi) is 2.91. The van der Waals surface area contributed by atoms with E-state index in [1.807, 2.05) is 27.7 Å². The molecule has 3 N–H and O–H groups in total. The van der Waals surface area contributed by atoms with Gasteiger partial charge in [-0.3, -0.25) is 4.79 Å². The summed E-state index contributed by atoms with van der Waals surface area (Å²) in [5.74, 6) is -1.01. The Morgan fingerprint density at radius 1 is 1.33 bits per heavy atom. The van der Waals surface area contributed by atoms with Gasteiger partial charge in [-0.1, -0.05) is 27.7 Å². The van der Waals surface area contributed by atoms with Crippen molar-refractivity contribution in [2.75, 3.05) is 0 Å². The molecule has 0 spiro atoms. The average Bonchev–Trinajstić information content (AvgIpc) is 1.83. The molecule has 2 atom stereocenters. The minimum absolute atomic E-state index is 0.0671. The molecule has 0 fully saturated rings. The van der Waals surface area contributed by atoms with Gasteiger partial charge in [0.2, 0.25) is 0 Å². The van der Waals surface area contributed by atoms with Crippen LogP contribution in [0.5, 0.6) is 0 Å². The molecular formula is C9H19NO2. The van der Waals surface area contributed by atoms with Gasteiger partial charge in [-0.2, -0.15) is 0 Å². The minimum atomic E-state index is -1.14. The van der Waals surface area contributed by atoms with E-state index in [2.05, 4.69) is 0 Å². The lowest BCUT2D eigenvalue weighted by Gasteiger charge is -2.37. The van der Waals surface area contributed by atoms with Gasteiger partial charge in [0.1, 0.15) is 5.54 Å². The molecule has 0 aliphatic heterocycles. The summed E-state index contributed by atoms with van der Waals surface area (Å²) in [6, 6.07) is 0. The van der Waals surface area contributed by atoms with Gasteiger partial charge in [-0.25, -0.2) is 0 Å². The van der Waals surface area contributed by atoms with E-state index in [-0.39, 0.29) is 11.3 Å². The lowest BCUT2D eigenvalue weighted by molar-refractivity contribution is -0.146. The van der Waals surface area contributed by atoms with Crippen LogP contribution in [0.1, 0.15) is 34.6 Å². The Hall–Kier alpha value is -0.570. The van der Waals surface area contributed by atoms with Crippen LogP contribution in [0.2, 0.25) is 0 Å². The lowest BCUT2D eigenvalue weighted by atomic mass is 9.71. The van der Waals surface area contributed by atoms with Crippen LogP contribution in [0.4, 0.5) is 0 Å². The van der Waals surface area contributed by atoms with E-state index >= 15 is 0 Å². The van der Waals surface area contributed by atoms with Gasteiger partial charge in [0, 0.05) is 0 Å². The molecule has 0 aliphatic carbocycles. The highest BCUT2D eigenvalue weighted by molar-refractivity contribution is 5.78. The molecule has 0 saturated carbocycles. The van der Waals surface area contributed by atoms with Gasteiger partial charge < -0.3 is 10.8 Å². The molecule has 3 heteroatoms. The number of carboxylic acids is 1. The molecule has 0 heterocycles. The number of carboxylic acid groups (broad SMARTS) is 1. The molecule has 0 radical (unpaired) electrons. The van der Waals surface area contributed by atoms with Crippen molar-refractivity contribution < 1.29 is 9.90 Å². The second-order valence-corrected chi connectivity index (χ2v) is 4.68. The van der Waals surface area contributed by atoms with E-state index in [9.17, 15) is 4.79 Å². The molecule has 0 aromatic rings. The monoisotopic (exact) mass is 173 g/mol. The van der Waals surface area contributed by atoms with E-state index in [1.165, 1.54) is 0 Å². The summed E-state index contributed by atoms with van der Waals surface area (Å²) in [7, 11) is 0. The summed E-state index contributed by atoms with van der Waals surface area (Å²) in [4.78, 5) is 10.8. The Morgan fingerprint density at radius 3 is 1.75 bits per heavy atom. The second kappa shape index (κ2) is 3.05. The molecule has 72 valence electrons. The van der Waals surface area contributed by atoms with E-state index in [0.717, 1.165) is 0 Å². The fraction of sp³-hybridized carbons (Fsp3) is 0.889. The zero-order valence-corrected chi connectivity index (χ0v) is 8.51. The third kappa shape index (κ3) is 2.21. The van der Waals surface area contributed by atoms with Crippen LogP contribution in [-0.4, -0.2) is 16.6 Å². The molecular weight excluding hydrogens is 154 g/mol. The van der Waals surface area contributed by atoms with Crippen molar-refractivity contribution >= 4 is 5.97 Å². The molecule has 0 saturated heterocycles. The molecule has 1 unspecified atom stereocenters. The Balaban J connectivity index is 4.69. The van der Waals surface area contributed by atoms with Crippen LogP contribution in [0, 0.1) is 11.3 Å². The predicted molar refractivity (Wildman–Crippen MR) is 48.8 cm³/mol. The first-order valence-corrected chi connectivity index (χ1v) is 4.12. The SMILES string of the molecule is CC(C(C)(C)C)[C@@](C)(N)C(=O)O. The van der Waals surface area contributed by atoms with Crippen LogP contribution in [-0.2, 0) is 4.79 Å². The topological polar surface area (TPSA) is 63.3 Å². The second-order valence-electron chi connectivity index (χ2n) is 4.68. The molecule has 0 bridgehead atoms. The van der Waals surface area contributed by atoms with Crippen molar-refractivity contribution in [1.82, 2.24) is 0 Å². The molecule has 3 nitrogen and oxygen atoms in total. The summed E-state index contributed by atoms with van der Waals surface area (Å²) >= 11 is 0. The van der Waals surface area contributed by atoms with Gasteiger partial charge in [0.05, 0.1) is 0 Å². The third-order valence-corrected chi connectivity index (χ3v) is 2.66. The Labute approximate surface area is 74.0 Å². The van der Waals surface area contributed by atoms with Gasteiger partial charge in [-0.05, 0) is 18.3 Å². The summed E-state index contributed by atoms with van der Waals surface area (Å²) in [6.45, 7) is 9.41. The van der Waals surface area contributed by atoms with E-state index in [0.29, 0.717) is 0 Å².